The summed E-state index contributed by atoms with van der Waals surface area (Å²) in [5, 5.41) is 3.78. The Balaban J connectivity index is 2.44. The van der Waals surface area contributed by atoms with Gasteiger partial charge in [0, 0.05) is 12.8 Å². The number of aromatic nitrogens is 2. The van der Waals surface area contributed by atoms with Crippen molar-refractivity contribution in [2.75, 3.05) is 6.54 Å². The zero-order chi connectivity index (χ0) is 8.10. The number of nitrogens with two attached hydrogens (primary N) is 1. The topological polar surface area (TPSA) is 64.9 Å². The summed E-state index contributed by atoms with van der Waals surface area (Å²) in [4.78, 5) is 4.13. The van der Waals surface area contributed by atoms with Crippen LogP contribution >= 0.6 is 0 Å². The SMILES string of the molecule is CCc1nc(CCCN)no1. The zero-order valence-corrected chi connectivity index (χ0v) is 6.71. The van der Waals surface area contributed by atoms with Crippen LogP contribution in [0.25, 0.3) is 0 Å². The highest BCUT2D eigenvalue weighted by atomic mass is 16.5. The quantitative estimate of drug-likeness (QED) is 0.688. The van der Waals surface area contributed by atoms with Gasteiger partial charge in [-0.1, -0.05) is 12.1 Å². The van der Waals surface area contributed by atoms with E-state index in [4.69, 9.17) is 10.3 Å². The Hall–Kier alpha value is -0.900. The maximum Gasteiger partial charge on any atom is 0.226 e. The van der Waals surface area contributed by atoms with E-state index in [1.807, 2.05) is 6.92 Å². The summed E-state index contributed by atoms with van der Waals surface area (Å²) in [5.41, 5.74) is 5.33. The second kappa shape index (κ2) is 4.08. The molecule has 0 amide bonds. The fraction of sp³-hybridized carbons (Fsp3) is 0.714. The molecule has 11 heavy (non-hydrogen) atoms. The van der Waals surface area contributed by atoms with Gasteiger partial charge in [0.15, 0.2) is 5.82 Å². The Morgan fingerprint density at radius 3 is 2.91 bits per heavy atom. The Morgan fingerprint density at radius 1 is 1.55 bits per heavy atom. The molecule has 1 aromatic heterocycles. The Labute approximate surface area is 65.8 Å². The maximum absolute atomic E-state index is 5.33. The molecule has 0 saturated carbocycles. The first-order chi connectivity index (χ1) is 5.36. The lowest BCUT2D eigenvalue weighted by Gasteiger charge is -1.87. The molecule has 4 nitrogen and oxygen atoms in total. The largest absolute Gasteiger partial charge is 0.339 e. The maximum atomic E-state index is 5.33. The first-order valence-corrected chi connectivity index (χ1v) is 3.88. The van der Waals surface area contributed by atoms with Crippen LogP contribution in [0.1, 0.15) is 25.1 Å². The van der Waals surface area contributed by atoms with Crippen molar-refractivity contribution in [1.82, 2.24) is 10.1 Å². The molecule has 0 aliphatic carbocycles. The number of hydrogen-bond donors (Lipinski definition) is 1. The van der Waals surface area contributed by atoms with Gasteiger partial charge in [0.05, 0.1) is 0 Å². The monoisotopic (exact) mass is 155 g/mol. The highest BCUT2D eigenvalue weighted by Crippen LogP contribution is 1.99. The van der Waals surface area contributed by atoms with E-state index in [-0.39, 0.29) is 0 Å². The van der Waals surface area contributed by atoms with Crippen LogP contribution in [0.5, 0.6) is 0 Å². The Kier molecular flexibility index (Phi) is 3.04. The van der Waals surface area contributed by atoms with Gasteiger partial charge in [0.25, 0.3) is 0 Å². The minimum atomic E-state index is 0.677. The Morgan fingerprint density at radius 2 is 2.36 bits per heavy atom. The molecule has 0 fully saturated rings. The van der Waals surface area contributed by atoms with Crippen LogP contribution in [0, 0.1) is 0 Å². The predicted molar refractivity (Wildman–Crippen MR) is 41.1 cm³/mol. The van der Waals surface area contributed by atoms with Gasteiger partial charge < -0.3 is 10.3 Å². The van der Waals surface area contributed by atoms with E-state index < -0.39 is 0 Å². The lowest BCUT2D eigenvalue weighted by Crippen LogP contribution is -2.01. The molecule has 1 rings (SSSR count). The molecule has 62 valence electrons. The average molecular weight is 155 g/mol. The van der Waals surface area contributed by atoms with Crippen molar-refractivity contribution in [2.45, 2.75) is 26.2 Å². The van der Waals surface area contributed by atoms with Crippen LogP contribution in [-0.4, -0.2) is 16.7 Å². The van der Waals surface area contributed by atoms with Gasteiger partial charge >= 0.3 is 0 Å². The summed E-state index contributed by atoms with van der Waals surface area (Å²) in [6, 6.07) is 0. The van der Waals surface area contributed by atoms with E-state index in [9.17, 15) is 0 Å². The van der Waals surface area contributed by atoms with Gasteiger partial charge in [-0.3, -0.25) is 0 Å². The summed E-state index contributed by atoms with van der Waals surface area (Å²) < 4.78 is 4.91. The highest BCUT2D eigenvalue weighted by molar-refractivity contribution is 4.85. The van der Waals surface area contributed by atoms with Crippen molar-refractivity contribution in [3.05, 3.63) is 11.7 Å². The van der Waals surface area contributed by atoms with Crippen molar-refractivity contribution in [2.24, 2.45) is 5.73 Å². The summed E-state index contributed by atoms with van der Waals surface area (Å²) in [7, 11) is 0. The third-order valence-electron chi connectivity index (χ3n) is 1.42. The van der Waals surface area contributed by atoms with Crippen LogP contribution in [0.2, 0.25) is 0 Å². The number of aryl methyl sites for hydroxylation is 2. The van der Waals surface area contributed by atoms with Gasteiger partial charge in [-0.05, 0) is 13.0 Å². The first-order valence-electron chi connectivity index (χ1n) is 3.88. The molecule has 0 aliphatic heterocycles. The van der Waals surface area contributed by atoms with Crippen molar-refractivity contribution in [3.8, 4) is 0 Å². The summed E-state index contributed by atoms with van der Waals surface area (Å²) in [5.74, 6) is 1.48. The summed E-state index contributed by atoms with van der Waals surface area (Å²) >= 11 is 0. The van der Waals surface area contributed by atoms with E-state index in [1.165, 1.54) is 0 Å². The molecule has 0 unspecified atom stereocenters. The fourth-order valence-electron chi connectivity index (χ4n) is 0.795. The molecule has 0 aromatic carbocycles. The molecule has 0 spiro atoms. The third kappa shape index (κ3) is 2.31. The van der Waals surface area contributed by atoms with E-state index in [2.05, 4.69) is 10.1 Å². The van der Waals surface area contributed by atoms with E-state index in [1.54, 1.807) is 0 Å². The second-order valence-electron chi connectivity index (χ2n) is 2.35. The van der Waals surface area contributed by atoms with Crippen LogP contribution in [-0.2, 0) is 12.8 Å². The first kappa shape index (κ1) is 8.20. The predicted octanol–water partition coefficient (Wildman–Crippen LogP) is 0.523. The molecule has 1 aromatic rings. The molecule has 0 aliphatic rings. The molecule has 0 saturated heterocycles. The van der Waals surface area contributed by atoms with Crippen LogP contribution < -0.4 is 5.73 Å². The number of hydrogen-bond acceptors (Lipinski definition) is 4. The van der Waals surface area contributed by atoms with Gasteiger partial charge in [-0.2, -0.15) is 4.98 Å². The minimum absolute atomic E-state index is 0.677. The standard InChI is InChI=1S/C7H13N3O/c1-2-7-9-6(10-11-7)4-3-5-8/h2-5,8H2,1H3. The van der Waals surface area contributed by atoms with Gasteiger partial charge in [0.2, 0.25) is 5.89 Å². The molecular formula is C7H13N3O. The second-order valence-corrected chi connectivity index (χ2v) is 2.35. The highest BCUT2D eigenvalue weighted by Gasteiger charge is 2.01. The van der Waals surface area contributed by atoms with Crippen molar-refractivity contribution < 1.29 is 4.52 Å². The van der Waals surface area contributed by atoms with Gasteiger partial charge in [-0.25, -0.2) is 0 Å². The molecular weight excluding hydrogens is 142 g/mol. The van der Waals surface area contributed by atoms with Crippen LogP contribution in [0.15, 0.2) is 4.52 Å². The average Bonchev–Trinajstić information content (AvgIpc) is 2.48. The lowest BCUT2D eigenvalue weighted by molar-refractivity contribution is 0.376. The van der Waals surface area contributed by atoms with Crippen molar-refractivity contribution >= 4 is 0 Å². The molecule has 1 heterocycles. The number of rotatable bonds is 4. The molecule has 0 bridgehead atoms. The van der Waals surface area contributed by atoms with E-state index in [0.29, 0.717) is 12.4 Å². The third-order valence-corrected chi connectivity index (χ3v) is 1.42. The summed E-state index contributed by atoms with van der Waals surface area (Å²) in [6.07, 6.45) is 2.54. The number of nitrogens with zero attached hydrogens (tertiary/aromatic N) is 2. The van der Waals surface area contributed by atoms with Gasteiger partial charge in [-0.15, -0.1) is 0 Å². The molecule has 0 atom stereocenters. The van der Waals surface area contributed by atoms with Crippen LogP contribution in [0.4, 0.5) is 0 Å². The lowest BCUT2D eigenvalue weighted by atomic mass is 10.3. The Bertz CT molecular complexity index is 209. The zero-order valence-electron chi connectivity index (χ0n) is 6.71. The van der Waals surface area contributed by atoms with Gasteiger partial charge in [0.1, 0.15) is 0 Å². The normalized spacial score (nSPS) is 10.4. The molecule has 4 heteroatoms. The summed E-state index contributed by atoms with van der Waals surface area (Å²) in [6.45, 7) is 2.66. The van der Waals surface area contributed by atoms with E-state index >= 15 is 0 Å². The fourth-order valence-corrected chi connectivity index (χ4v) is 0.795. The van der Waals surface area contributed by atoms with Crippen molar-refractivity contribution in [3.63, 3.8) is 0 Å². The smallest absolute Gasteiger partial charge is 0.226 e. The van der Waals surface area contributed by atoms with E-state index in [0.717, 1.165) is 25.1 Å². The van der Waals surface area contributed by atoms with Crippen LogP contribution in [0.3, 0.4) is 0 Å². The molecule has 2 N–H and O–H groups in total. The van der Waals surface area contributed by atoms with Crippen molar-refractivity contribution in [1.29, 1.82) is 0 Å². The minimum Gasteiger partial charge on any atom is -0.339 e. The molecule has 0 radical (unpaired) electrons.